The second-order valence-electron chi connectivity index (χ2n) is 3.63. The van der Waals surface area contributed by atoms with Crippen LogP contribution < -0.4 is 11.0 Å². The fourth-order valence-corrected chi connectivity index (χ4v) is 2.15. The molecule has 1 aromatic heterocycles. The Morgan fingerprint density at radius 2 is 2.44 bits per heavy atom. The normalized spacial score (nSPS) is 14.4. The van der Waals surface area contributed by atoms with E-state index in [4.69, 9.17) is 5.26 Å². The van der Waals surface area contributed by atoms with Gasteiger partial charge in [0.15, 0.2) is 5.16 Å². The van der Waals surface area contributed by atoms with Crippen molar-refractivity contribution < 1.29 is 0 Å². The Bertz CT molecular complexity index is 445. The first-order chi connectivity index (χ1) is 7.52. The van der Waals surface area contributed by atoms with Crippen LogP contribution in [0.4, 0.5) is 0 Å². The van der Waals surface area contributed by atoms with Crippen LogP contribution in [0.2, 0.25) is 0 Å². The lowest BCUT2D eigenvalue weighted by Gasteiger charge is -2.21. The van der Waals surface area contributed by atoms with Crippen LogP contribution in [0.1, 0.15) is 13.8 Å². The van der Waals surface area contributed by atoms with Crippen molar-refractivity contribution in [2.45, 2.75) is 24.5 Å². The molecule has 2 N–H and O–H groups in total. The van der Waals surface area contributed by atoms with E-state index in [1.165, 1.54) is 16.3 Å². The number of nitrogens with zero attached hydrogens (tertiary/aromatic N) is 3. The van der Waals surface area contributed by atoms with E-state index in [0.29, 0.717) is 10.9 Å². The summed E-state index contributed by atoms with van der Waals surface area (Å²) in [5.41, 5.74) is -0.848. The first-order valence-electron chi connectivity index (χ1n) is 4.93. The third kappa shape index (κ3) is 2.87. The molecule has 16 heavy (non-hydrogen) atoms. The minimum absolute atomic E-state index is 0.246. The van der Waals surface area contributed by atoms with E-state index < -0.39 is 5.54 Å². The van der Waals surface area contributed by atoms with Crippen LogP contribution in [-0.2, 0) is 7.05 Å². The maximum atomic E-state index is 11.1. The van der Waals surface area contributed by atoms with Crippen molar-refractivity contribution in [3.8, 4) is 6.07 Å². The monoisotopic (exact) mass is 241 g/mol. The molecular weight excluding hydrogens is 226 g/mol. The number of nitriles is 1. The van der Waals surface area contributed by atoms with Crippen LogP contribution in [0.5, 0.6) is 0 Å². The van der Waals surface area contributed by atoms with Crippen LogP contribution in [0, 0.1) is 11.3 Å². The molecular formula is C9H15N5OS. The molecule has 0 fully saturated rings. The smallest absolute Gasteiger partial charge is 0.299 e. The third-order valence-corrected chi connectivity index (χ3v) is 3.49. The van der Waals surface area contributed by atoms with E-state index in [0.717, 1.165) is 6.54 Å². The van der Waals surface area contributed by atoms with Gasteiger partial charge in [-0.2, -0.15) is 5.26 Å². The Morgan fingerprint density at radius 1 is 1.75 bits per heavy atom. The SMILES string of the molecule is CCNC(C)(C#N)CSc1n[nH]c(=O)n1C. The fourth-order valence-electron chi connectivity index (χ4n) is 1.18. The highest BCUT2D eigenvalue weighted by atomic mass is 32.2. The van der Waals surface area contributed by atoms with E-state index in [-0.39, 0.29) is 5.69 Å². The Balaban J connectivity index is 2.67. The van der Waals surface area contributed by atoms with E-state index >= 15 is 0 Å². The molecule has 7 heteroatoms. The number of hydrogen-bond donors (Lipinski definition) is 2. The summed E-state index contributed by atoms with van der Waals surface area (Å²) < 4.78 is 1.43. The van der Waals surface area contributed by atoms with Gasteiger partial charge in [-0.25, -0.2) is 9.89 Å². The van der Waals surface area contributed by atoms with Gasteiger partial charge in [-0.1, -0.05) is 18.7 Å². The highest BCUT2D eigenvalue weighted by Crippen LogP contribution is 2.18. The van der Waals surface area contributed by atoms with Crippen LogP contribution in [-0.4, -0.2) is 32.6 Å². The summed E-state index contributed by atoms with van der Waals surface area (Å²) in [5, 5.41) is 19.0. The molecule has 1 aromatic rings. The second-order valence-corrected chi connectivity index (χ2v) is 4.58. The molecule has 0 aliphatic carbocycles. The predicted octanol–water partition coefficient (Wildman–Crippen LogP) is 0.0923. The predicted molar refractivity (Wildman–Crippen MR) is 62.2 cm³/mol. The minimum atomic E-state index is -0.603. The van der Waals surface area contributed by atoms with Crippen molar-refractivity contribution in [2.75, 3.05) is 12.3 Å². The second kappa shape index (κ2) is 5.18. The molecule has 1 unspecified atom stereocenters. The van der Waals surface area contributed by atoms with E-state index in [1.807, 2.05) is 13.8 Å². The summed E-state index contributed by atoms with van der Waals surface area (Å²) in [7, 11) is 1.64. The van der Waals surface area contributed by atoms with Crippen molar-refractivity contribution in [2.24, 2.45) is 7.05 Å². The number of rotatable bonds is 5. The highest BCUT2D eigenvalue weighted by Gasteiger charge is 2.23. The van der Waals surface area contributed by atoms with Gasteiger partial charge in [0.25, 0.3) is 0 Å². The summed E-state index contributed by atoms with van der Waals surface area (Å²) in [6.07, 6.45) is 0. The molecule has 0 radical (unpaired) electrons. The van der Waals surface area contributed by atoms with E-state index in [1.54, 1.807) is 7.05 Å². The number of nitrogens with one attached hydrogen (secondary N) is 2. The zero-order chi connectivity index (χ0) is 12.2. The Hall–Kier alpha value is -1.26. The van der Waals surface area contributed by atoms with Gasteiger partial charge in [-0.05, 0) is 13.5 Å². The van der Waals surface area contributed by atoms with Gasteiger partial charge in [0, 0.05) is 12.8 Å². The summed E-state index contributed by atoms with van der Waals surface area (Å²) in [4.78, 5) is 11.1. The molecule has 0 aliphatic rings. The van der Waals surface area contributed by atoms with Gasteiger partial charge in [-0.15, -0.1) is 5.10 Å². The Labute approximate surface area is 98.0 Å². The molecule has 0 bridgehead atoms. The average Bonchev–Trinajstić information content (AvgIpc) is 2.58. The first kappa shape index (κ1) is 12.8. The van der Waals surface area contributed by atoms with Gasteiger partial charge in [-0.3, -0.25) is 9.88 Å². The Morgan fingerprint density at radius 3 is 2.88 bits per heavy atom. The maximum Gasteiger partial charge on any atom is 0.343 e. The van der Waals surface area contributed by atoms with E-state index in [2.05, 4.69) is 21.6 Å². The van der Waals surface area contributed by atoms with Crippen molar-refractivity contribution in [3.05, 3.63) is 10.5 Å². The highest BCUT2D eigenvalue weighted by molar-refractivity contribution is 7.99. The van der Waals surface area contributed by atoms with Gasteiger partial charge in [0.2, 0.25) is 0 Å². The molecule has 0 saturated carbocycles. The van der Waals surface area contributed by atoms with Crippen LogP contribution in [0.3, 0.4) is 0 Å². The molecule has 0 saturated heterocycles. The molecule has 0 aliphatic heterocycles. The lowest BCUT2D eigenvalue weighted by molar-refractivity contribution is 0.510. The minimum Gasteiger partial charge on any atom is -0.299 e. The molecule has 0 amide bonds. The van der Waals surface area contributed by atoms with Gasteiger partial charge >= 0.3 is 5.69 Å². The van der Waals surface area contributed by atoms with Crippen LogP contribution >= 0.6 is 11.8 Å². The third-order valence-electron chi connectivity index (χ3n) is 2.14. The molecule has 6 nitrogen and oxygen atoms in total. The van der Waals surface area contributed by atoms with Crippen molar-refractivity contribution >= 4 is 11.8 Å². The first-order valence-corrected chi connectivity index (χ1v) is 5.91. The summed E-state index contributed by atoms with van der Waals surface area (Å²) >= 11 is 1.37. The molecule has 0 aromatic carbocycles. The van der Waals surface area contributed by atoms with Crippen LogP contribution in [0.15, 0.2) is 9.95 Å². The number of H-pyrrole nitrogens is 1. The lowest BCUT2D eigenvalue weighted by Crippen LogP contribution is -2.43. The lowest BCUT2D eigenvalue weighted by atomic mass is 10.1. The van der Waals surface area contributed by atoms with Crippen molar-refractivity contribution in [1.29, 1.82) is 5.26 Å². The number of aromatic amines is 1. The van der Waals surface area contributed by atoms with Crippen molar-refractivity contribution in [1.82, 2.24) is 20.1 Å². The van der Waals surface area contributed by atoms with Gasteiger partial charge in [0.1, 0.15) is 5.54 Å². The summed E-state index contributed by atoms with van der Waals surface area (Å²) in [6.45, 7) is 4.50. The quantitative estimate of drug-likeness (QED) is 0.714. The standard InChI is InChI=1S/C9H15N5OS/c1-4-11-9(2,5-10)6-16-8-13-12-7(15)14(8)3/h11H,4,6H2,1-3H3,(H,12,15). The maximum absolute atomic E-state index is 11.1. The topological polar surface area (TPSA) is 86.5 Å². The van der Waals surface area contributed by atoms with Crippen LogP contribution in [0.25, 0.3) is 0 Å². The molecule has 0 spiro atoms. The van der Waals surface area contributed by atoms with E-state index in [9.17, 15) is 4.79 Å². The van der Waals surface area contributed by atoms with Gasteiger partial charge < -0.3 is 0 Å². The molecule has 1 rings (SSSR count). The van der Waals surface area contributed by atoms with Crippen molar-refractivity contribution in [3.63, 3.8) is 0 Å². The summed E-state index contributed by atoms with van der Waals surface area (Å²) in [6, 6.07) is 2.22. The number of thioether (sulfide) groups is 1. The van der Waals surface area contributed by atoms with Gasteiger partial charge in [0.05, 0.1) is 6.07 Å². The molecule has 1 atom stereocenters. The zero-order valence-corrected chi connectivity index (χ0v) is 10.4. The largest absolute Gasteiger partial charge is 0.343 e. The summed E-state index contributed by atoms with van der Waals surface area (Å²) in [5.74, 6) is 0.537. The Kier molecular flexibility index (Phi) is 4.15. The molecule has 88 valence electrons. The number of aromatic nitrogens is 3. The molecule has 1 heterocycles. The fraction of sp³-hybridized carbons (Fsp3) is 0.667. The number of hydrogen-bond acceptors (Lipinski definition) is 5. The average molecular weight is 241 g/mol. The zero-order valence-electron chi connectivity index (χ0n) is 9.57.